The first kappa shape index (κ1) is 23.4. The van der Waals surface area contributed by atoms with Gasteiger partial charge in [-0.1, -0.05) is 16.8 Å². The molecule has 0 saturated carbocycles. The van der Waals surface area contributed by atoms with Gasteiger partial charge in [0.05, 0.1) is 17.9 Å². The maximum Gasteiger partial charge on any atom is 0.361 e. The molecule has 0 unspecified atom stereocenters. The largest absolute Gasteiger partial charge is 0.461 e. The van der Waals surface area contributed by atoms with E-state index in [1.54, 1.807) is 19.1 Å². The highest BCUT2D eigenvalue weighted by Crippen LogP contribution is 2.37. The fourth-order valence-corrected chi connectivity index (χ4v) is 4.17. The Labute approximate surface area is 198 Å². The van der Waals surface area contributed by atoms with Crippen molar-refractivity contribution in [3.05, 3.63) is 92.5 Å². The van der Waals surface area contributed by atoms with Crippen LogP contribution in [-0.2, 0) is 4.74 Å². The Kier molecular flexibility index (Phi) is 6.34. The molecule has 0 amide bonds. The zero-order valence-electron chi connectivity index (χ0n) is 18.5. The van der Waals surface area contributed by atoms with Crippen LogP contribution in [0.5, 0.6) is 0 Å². The minimum absolute atomic E-state index is 0.00861. The summed E-state index contributed by atoms with van der Waals surface area (Å²) in [5, 5.41) is 4.34. The number of aromatic nitrogens is 2. The third kappa shape index (κ3) is 4.24. The van der Waals surface area contributed by atoms with E-state index in [4.69, 9.17) is 20.9 Å². The number of ether oxygens (including phenoxy) is 1. The van der Waals surface area contributed by atoms with E-state index in [0.717, 1.165) is 17.2 Å². The zero-order chi connectivity index (χ0) is 24.6. The van der Waals surface area contributed by atoms with Crippen molar-refractivity contribution in [3.63, 3.8) is 0 Å². The first-order chi connectivity index (χ1) is 16.2. The van der Waals surface area contributed by atoms with E-state index >= 15 is 0 Å². The smallest absolute Gasteiger partial charge is 0.361 e. The number of halogens is 3. The summed E-state index contributed by atoms with van der Waals surface area (Å²) in [6, 6.07) is 9.20. The zero-order valence-corrected chi connectivity index (χ0v) is 19.2. The van der Waals surface area contributed by atoms with E-state index < -0.39 is 17.6 Å². The second-order valence-corrected chi connectivity index (χ2v) is 8.03. The topological polar surface area (TPSA) is 74.3 Å². The van der Waals surface area contributed by atoms with Crippen molar-refractivity contribution >= 4 is 17.6 Å². The van der Waals surface area contributed by atoms with Gasteiger partial charge < -0.3 is 9.26 Å². The highest BCUT2D eigenvalue weighted by atomic mass is 35.5. The van der Waals surface area contributed by atoms with Crippen molar-refractivity contribution in [1.82, 2.24) is 9.72 Å². The van der Waals surface area contributed by atoms with Crippen molar-refractivity contribution in [2.24, 2.45) is 0 Å². The summed E-state index contributed by atoms with van der Waals surface area (Å²) in [6.07, 6.45) is 1.51. The molecule has 2 heterocycles. The van der Waals surface area contributed by atoms with Crippen molar-refractivity contribution in [3.8, 4) is 28.1 Å². The van der Waals surface area contributed by atoms with Crippen LogP contribution in [0.1, 0.15) is 28.5 Å². The average molecular weight is 485 g/mol. The molecule has 0 fully saturated rings. The monoisotopic (exact) mass is 484 g/mol. The van der Waals surface area contributed by atoms with Gasteiger partial charge in [0.15, 0.2) is 11.5 Å². The minimum atomic E-state index is -0.910. The van der Waals surface area contributed by atoms with Crippen LogP contribution >= 0.6 is 11.6 Å². The Morgan fingerprint density at radius 1 is 1.12 bits per heavy atom. The predicted molar refractivity (Wildman–Crippen MR) is 123 cm³/mol. The number of benzene rings is 2. The number of aryl methyl sites for hydroxylation is 2. The van der Waals surface area contributed by atoms with Gasteiger partial charge in [-0.3, -0.25) is 9.36 Å². The fourth-order valence-electron chi connectivity index (χ4n) is 3.85. The number of carbonyl (C=O) groups excluding carboxylic acids is 1. The Morgan fingerprint density at radius 3 is 2.47 bits per heavy atom. The van der Waals surface area contributed by atoms with E-state index in [1.165, 1.54) is 29.0 Å². The molecule has 0 spiro atoms. The summed E-state index contributed by atoms with van der Waals surface area (Å²) in [6.45, 7) is 5.32. The van der Waals surface area contributed by atoms with Crippen molar-refractivity contribution in [2.45, 2.75) is 20.8 Å². The van der Waals surface area contributed by atoms with Gasteiger partial charge >= 0.3 is 5.97 Å². The van der Waals surface area contributed by atoms with Gasteiger partial charge in [-0.15, -0.1) is 0 Å². The molecule has 0 aliphatic rings. The summed E-state index contributed by atoms with van der Waals surface area (Å²) < 4.78 is 40.2. The third-order valence-electron chi connectivity index (χ3n) is 5.23. The molecule has 0 aliphatic carbocycles. The fraction of sp³-hybridized carbons (Fsp3) is 0.160. The summed E-state index contributed by atoms with van der Waals surface area (Å²) in [4.78, 5) is 25.3. The summed E-state index contributed by atoms with van der Waals surface area (Å²) >= 11 is 6.13. The van der Waals surface area contributed by atoms with Crippen molar-refractivity contribution < 1.29 is 22.8 Å². The van der Waals surface area contributed by atoms with Gasteiger partial charge in [0, 0.05) is 34.5 Å². The molecular weight excluding hydrogens is 466 g/mol. The van der Waals surface area contributed by atoms with E-state index in [-0.39, 0.29) is 34.7 Å². The molecule has 0 aliphatic heterocycles. The quantitative estimate of drug-likeness (QED) is 0.330. The SMILES string of the molecule is CCOC(=O)c1noc(-c2ccc(=O)n(-c3c(C)cc(Cl)cc3C)c2)c1-c1ccc(F)cc1F. The van der Waals surface area contributed by atoms with E-state index in [1.807, 2.05) is 13.8 Å². The van der Waals surface area contributed by atoms with Crippen LogP contribution in [0.2, 0.25) is 5.02 Å². The lowest BCUT2D eigenvalue weighted by Gasteiger charge is -2.14. The van der Waals surface area contributed by atoms with Gasteiger partial charge in [0.1, 0.15) is 11.6 Å². The summed E-state index contributed by atoms with van der Waals surface area (Å²) in [5.41, 5.74) is 1.79. The van der Waals surface area contributed by atoms with Crippen LogP contribution in [0.25, 0.3) is 28.1 Å². The molecule has 4 rings (SSSR count). The molecule has 0 bridgehead atoms. The number of rotatable bonds is 5. The van der Waals surface area contributed by atoms with Crippen LogP contribution in [-0.4, -0.2) is 22.3 Å². The number of hydrogen-bond donors (Lipinski definition) is 0. The van der Waals surface area contributed by atoms with Crippen molar-refractivity contribution in [1.29, 1.82) is 0 Å². The number of carbonyl (C=O) groups is 1. The summed E-state index contributed by atoms with van der Waals surface area (Å²) in [7, 11) is 0. The van der Waals surface area contributed by atoms with E-state index in [9.17, 15) is 18.4 Å². The number of pyridine rings is 1. The Hall–Kier alpha value is -3.78. The molecule has 0 saturated heterocycles. The van der Waals surface area contributed by atoms with Gasteiger partial charge in [0.2, 0.25) is 0 Å². The highest BCUT2D eigenvalue weighted by molar-refractivity contribution is 6.30. The van der Waals surface area contributed by atoms with Crippen LogP contribution in [0.4, 0.5) is 8.78 Å². The van der Waals surface area contributed by atoms with Gasteiger partial charge in [0.25, 0.3) is 5.56 Å². The maximum atomic E-state index is 14.8. The van der Waals surface area contributed by atoms with E-state index in [0.29, 0.717) is 22.3 Å². The molecule has 0 N–H and O–H groups in total. The van der Waals surface area contributed by atoms with Crippen LogP contribution in [0, 0.1) is 25.5 Å². The molecule has 9 heteroatoms. The van der Waals surface area contributed by atoms with Gasteiger partial charge in [-0.2, -0.15) is 0 Å². The minimum Gasteiger partial charge on any atom is -0.461 e. The Bertz CT molecular complexity index is 1450. The second-order valence-electron chi connectivity index (χ2n) is 7.59. The van der Waals surface area contributed by atoms with Gasteiger partial charge in [-0.25, -0.2) is 13.6 Å². The predicted octanol–water partition coefficient (Wildman–Crippen LogP) is 5.88. The number of nitrogens with zero attached hydrogens (tertiary/aromatic N) is 2. The molecule has 34 heavy (non-hydrogen) atoms. The second kappa shape index (κ2) is 9.23. The third-order valence-corrected chi connectivity index (χ3v) is 5.45. The lowest BCUT2D eigenvalue weighted by molar-refractivity contribution is 0.0515. The average Bonchev–Trinajstić information content (AvgIpc) is 3.19. The Balaban J connectivity index is 1.97. The maximum absolute atomic E-state index is 14.8. The molecule has 174 valence electrons. The van der Waals surface area contributed by atoms with Crippen molar-refractivity contribution in [2.75, 3.05) is 6.61 Å². The molecule has 0 radical (unpaired) electrons. The molecular formula is C25H19ClF2N2O4. The lowest BCUT2D eigenvalue weighted by atomic mass is 9.99. The van der Waals surface area contributed by atoms with Gasteiger partial charge in [-0.05, 0) is 62.2 Å². The van der Waals surface area contributed by atoms with E-state index in [2.05, 4.69) is 5.16 Å². The van der Waals surface area contributed by atoms with Crippen LogP contribution < -0.4 is 5.56 Å². The summed E-state index contributed by atoms with van der Waals surface area (Å²) in [5.74, 6) is -2.49. The first-order valence-electron chi connectivity index (χ1n) is 10.3. The molecule has 4 aromatic rings. The standard InChI is InChI=1S/C25H19ClF2N2O4/c1-4-33-25(32)22-21(18-7-6-17(27)11-19(18)28)24(34-29-22)15-5-8-20(31)30(12-15)23-13(2)9-16(26)10-14(23)3/h5-12H,4H2,1-3H3. The number of esters is 1. The Morgan fingerprint density at radius 2 is 1.82 bits per heavy atom. The molecule has 2 aromatic heterocycles. The molecule has 2 aromatic carbocycles. The normalized spacial score (nSPS) is 11.0. The van der Waals surface area contributed by atoms with Crippen LogP contribution in [0.3, 0.4) is 0 Å². The first-order valence-corrected chi connectivity index (χ1v) is 10.7. The van der Waals surface area contributed by atoms with Crippen LogP contribution in [0.15, 0.2) is 58.0 Å². The lowest BCUT2D eigenvalue weighted by Crippen LogP contribution is -2.18. The molecule has 6 nitrogen and oxygen atoms in total. The molecule has 0 atom stereocenters. The highest BCUT2D eigenvalue weighted by Gasteiger charge is 2.28. The number of hydrogen-bond acceptors (Lipinski definition) is 5.